The third-order valence-electron chi connectivity index (χ3n) is 14.2. The summed E-state index contributed by atoms with van der Waals surface area (Å²) in [5, 5.41) is 0. The average molecular weight is 1110 g/mol. The van der Waals surface area contributed by atoms with Crippen LogP contribution in [-0.4, -0.2) is 37.2 Å². The minimum atomic E-state index is -0.803. The topological polar surface area (TPSA) is 78.9 Å². The van der Waals surface area contributed by atoms with Gasteiger partial charge in [0.05, 0.1) is 0 Å². The van der Waals surface area contributed by atoms with Crippen molar-refractivity contribution in [1.29, 1.82) is 0 Å². The van der Waals surface area contributed by atoms with Gasteiger partial charge in [-0.2, -0.15) is 0 Å². The lowest BCUT2D eigenvalue weighted by Crippen LogP contribution is -2.30. The maximum absolute atomic E-state index is 12.9. The molecule has 6 nitrogen and oxygen atoms in total. The van der Waals surface area contributed by atoms with E-state index in [2.05, 4.69) is 142 Å². The first-order chi connectivity index (χ1) is 39.5. The molecule has 1 atom stereocenters. The molecular weight excluding hydrogens is 985 g/mol. The number of unbranched alkanes of at least 4 members (excludes halogenated alkanes) is 29. The van der Waals surface area contributed by atoms with Crippen molar-refractivity contribution in [1.82, 2.24) is 0 Å². The summed E-state index contributed by atoms with van der Waals surface area (Å²) in [5.41, 5.74) is 0. The van der Waals surface area contributed by atoms with Crippen LogP contribution in [0, 0.1) is 0 Å². The molecule has 0 saturated carbocycles. The molecular formula is C74H124O6. The Morgan fingerprint density at radius 2 is 0.487 bits per heavy atom. The number of esters is 3. The van der Waals surface area contributed by atoms with E-state index in [-0.39, 0.29) is 31.1 Å². The Balaban J connectivity index is 4.47. The highest BCUT2D eigenvalue weighted by Crippen LogP contribution is 2.16. The van der Waals surface area contributed by atoms with Crippen molar-refractivity contribution in [2.24, 2.45) is 0 Å². The normalized spacial score (nSPS) is 12.9. The van der Waals surface area contributed by atoms with Gasteiger partial charge in [-0.25, -0.2) is 0 Å². The van der Waals surface area contributed by atoms with Crippen LogP contribution in [-0.2, 0) is 28.6 Å². The van der Waals surface area contributed by atoms with Crippen molar-refractivity contribution in [2.75, 3.05) is 13.2 Å². The lowest BCUT2D eigenvalue weighted by molar-refractivity contribution is -0.167. The van der Waals surface area contributed by atoms with Crippen molar-refractivity contribution in [3.05, 3.63) is 122 Å². The monoisotopic (exact) mass is 1110 g/mol. The number of hydrogen-bond acceptors (Lipinski definition) is 6. The molecule has 80 heavy (non-hydrogen) atoms. The molecule has 0 bridgehead atoms. The fraction of sp³-hybridized carbons (Fsp3) is 0.689. The third-order valence-corrected chi connectivity index (χ3v) is 14.2. The summed E-state index contributed by atoms with van der Waals surface area (Å²) in [7, 11) is 0. The van der Waals surface area contributed by atoms with Crippen molar-refractivity contribution in [3.8, 4) is 0 Å². The second-order valence-corrected chi connectivity index (χ2v) is 22.0. The zero-order valence-electron chi connectivity index (χ0n) is 52.3. The summed E-state index contributed by atoms with van der Waals surface area (Å²) < 4.78 is 16.9. The van der Waals surface area contributed by atoms with Crippen LogP contribution in [0.1, 0.15) is 310 Å². The van der Waals surface area contributed by atoms with Crippen molar-refractivity contribution >= 4 is 17.9 Å². The minimum absolute atomic E-state index is 0.0942. The van der Waals surface area contributed by atoms with Gasteiger partial charge in [0, 0.05) is 19.3 Å². The molecule has 0 aliphatic rings. The number of carbonyl (C=O) groups is 3. The molecule has 0 radical (unpaired) electrons. The number of allylic oxidation sites excluding steroid dienone is 20. The van der Waals surface area contributed by atoms with Gasteiger partial charge in [0.25, 0.3) is 0 Å². The smallest absolute Gasteiger partial charge is 0.306 e. The first-order valence-corrected chi connectivity index (χ1v) is 33.5. The van der Waals surface area contributed by atoms with Gasteiger partial charge in [0.2, 0.25) is 0 Å². The minimum Gasteiger partial charge on any atom is -0.462 e. The van der Waals surface area contributed by atoms with Crippen LogP contribution in [0.5, 0.6) is 0 Å². The van der Waals surface area contributed by atoms with Crippen LogP contribution in [0.2, 0.25) is 0 Å². The number of rotatable bonds is 60. The largest absolute Gasteiger partial charge is 0.462 e. The van der Waals surface area contributed by atoms with Crippen LogP contribution in [0.15, 0.2) is 122 Å². The number of hydrogen-bond donors (Lipinski definition) is 0. The Morgan fingerprint density at radius 3 is 0.775 bits per heavy atom. The molecule has 0 N–H and O–H groups in total. The fourth-order valence-corrected chi connectivity index (χ4v) is 9.20. The number of carbonyl (C=O) groups excluding carboxylic acids is 3. The molecule has 456 valence electrons. The molecule has 0 aliphatic heterocycles. The zero-order chi connectivity index (χ0) is 57.8. The van der Waals surface area contributed by atoms with Gasteiger partial charge in [0.15, 0.2) is 6.10 Å². The SMILES string of the molecule is CC/C=C\C/C=C\C/C=C\C/C=C\C/C=C\C/C=C\C/C=C\CCCCCC(=O)OCC(COC(=O)CCCCCCCCCCCCCCCCCC)OC(=O)CCCCCCCC/C=C\C/C=C\C/C=C\CCCCCCC. The molecule has 0 spiro atoms. The average Bonchev–Trinajstić information content (AvgIpc) is 3.46. The summed E-state index contributed by atoms with van der Waals surface area (Å²) in [6, 6.07) is 0. The fourth-order valence-electron chi connectivity index (χ4n) is 9.20. The van der Waals surface area contributed by atoms with Gasteiger partial charge in [-0.1, -0.05) is 296 Å². The molecule has 0 aliphatic carbocycles. The second kappa shape index (κ2) is 67.3. The Morgan fingerprint density at radius 1 is 0.263 bits per heavy atom. The maximum Gasteiger partial charge on any atom is 0.306 e. The summed E-state index contributed by atoms with van der Waals surface area (Å²) in [4.78, 5) is 38.4. The van der Waals surface area contributed by atoms with Gasteiger partial charge in [-0.15, -0.1) is 0 Å². The molecule has 0 aromatic rings. The van der Waals surface area contributed by atoms with E-state index in [9.17, 15) is 14.4 Å². The van der Waals surface area contributed by atoms with E-state index in [0.29, 0.717) is 19.3 Å². The lowest BCUT2D eigenvalue weighted by atomic mass is 10.0. The predicted molar refractivity (Wildman–Crippen MR) is 348 cm³/mol. The third kappa shape index (κ3) is 64.6. The lowest BCUT2D eigenvalue weighted by Gasteiger charge is -2.18. The first-order valence-electron chi connectivity index (χ1n) is 33.5. The molecule has 1 unspecified atom stereocenters. The Labute approximate surface area is 494 Å². The van der Waals surface area contributed by atoms with Crippen molar-refractivity contribution < 1.29 is 28.6 Å². The highest BCUT2D eigenvalue weighted by Gasteiger charge is 2.19. The van der Waals surface area contributed by atoms with Gasteiger partial charge < -0.3 is 14.2 Å². The van der Waals surface area contributed by atoms with Crippen LogP contribution >= 0.6 is 0 Å². The van der Waals surface area contributed by atoms with Crippen LogP contribution in [0.3, 0.4) is 0 Å². The maximum atomic E-state index is 12.9. The van der Waals surface area contributed by atoms with E-state index < -0.39 is 6.10 Å². The van der Waals surface area contributed by atoms with Crippen molar-refractivity contribution in [3.63, 3.8) is 0 Å². The summed E-state index contributed by atoms with van der Waals surface area (Å²) in [6.45, 7) is 6.50. The highest BCUT2D eigenvalue weighted by atomic mass is 16.6. The van der Waals surface area contributed by atoms with Gasteiger partial charge in [-0.05, 0) is 116 Å². The molecule has 0 amide bonds. The Kier molecular flexibility index (Phi) is 63.8. The summed E-state index contributed by atoms with van der Waals surface area (Å²) in [6.07, 6.45) is 93.4. The van der Waals surface area contributed by atoms with Crippen LogP contribution in [0.4, 0.5) is 0 Å². The van der Waals surface area contributed by atoms with E-state index in [1.165, 1.54) is 135 Å². The number of ether oxygens (including phenoxy) is 3. The summed E-state index contributed by atoms with van der Waals surface area (Å²) >= 11 is 0. The molecule has 6 heteroatoms. The van der Waals surface area contributed by atoms with Crippen LogP contribution < -0.4 is 0 Å². The molecule has 0 rings (SSSR count). The van der Waals surface area contributed by atoms with E-state index in [1.54, 1.807) is 0 Å². The van der Waals surface area contributed by atoms with E-state index >= 15 is 0 Å². The van der Waals surface area contributed by atoms with Gasteiger partial charge in [0.1, 0.15) is 13.2 Å². The molecule has 0 aromatic heterocycles. The zero-order valence-corrected chi connectivity index (χ0v) is 52.3. The quantitative estimate of drug-likeness (QED) is 0.0261. The molecule has 0 heterocycles. The van der Waals surface area contributed by atoms with Crippen molar-refractivity contribution in [2.45, 2.75) is 316 Å². The van der Waals surface area contributed by atoms with E-state index in [4.69, 9.17) is 14.2 Å². The molecule has 0 saturated heterocycles. The molecule has 0 aromatic carbocycles. The standard InChI is InChI=1S/C74H124O6/c1-4-7-10-13-16-19-22-25-28-31-33-35-36-37-38-40-41-43-46-49-52-55-58-61-64-67-73(76)79-70-71(69-78-72(75)66-63-60-57-54-51-48-45-30-27-24-21-18-15-12-9-6-3)80-74(77)68-65-62-59-56-53-50-47-44-42-39-34-32-29-26-23-20-17-14-11-8-5-2/h7,10,16,19,23,25-26,28,32-35,37-38,41-44,49,52,71H,4-6,8-9,11-15,17-18,20-22,24,27,29-31,36,39-40,45-48,50-51,53-70H2,1-3H3/b10-7-,19-16-,26-23-,28-25-,34-32-,35-33-,38-37-,43-41-,44-42-,52-49-. The van der Waals surface area contributed by atoms with E-state index in [1.807, 2.05) is 0 Å². The predicted octanol–water partition coefficient (Wildman–Crippen LogP) is 23.2. The Bertz CT molecular complexity index is 1650. The van der Waals surface area contributed by atoms with Gasteiger partial charge >= 0.3 is 17.9 Å². The second-order valence-electron chi connectivity index (χ2n) is 22.0. The first kappa shape index (κ1) is 75.8. The molecule has 0 fully saturated rings. The van der Waals surface area contributed by atoms with E-state index in [0.717, 1.165) is 135 Å². The summed E-state index contributed by atoms with van der Waals surface area (Å²) in [5.74, 6) is -0.932. The Hall–Kier alpha value is -4.19. The highest BCUT2D eigenvalue weighted by molar-refractivity contribution is 5.71. The van der Waals surface area contributed by atoms with Crippen LogP contribution in [0.25, 0.3) is 0 Å². The van der Waals surface area contributed by atoms with Gasteiger partial charge in [-0.3, -0.25) is 14.4 Å².